The van der Waals surface area contributed by atoms with E-state index in [0.717, 1.165) is 0 Å². The van der Waals surface area contributed by atoms with Crippen LogP contribution in [0.3, 0.4) is 0 Å². The van der Waals surface area contributed by atoms with Crippen molar-refractivity contribution in [2.75, 3.05) is 13.6 Å². The first-order valence-corrected chi connectivity index (χ1v) is 7.13. The standard InChI is InChI=1S/C14H22N2OS/c1-10(2)18-13-7-5-12(6-8-13)14(17)16-9-11(3)15-4/h5-8,10-11,15H,9H2,1-4H3,(H,16,17). The molecule has 1 atom stereocenters. The molecule has 0 aliphatic rings. The summed E-state index contributed by atoms with van der Waals surface area (Å²) < 4.78 is 0. The van der Waals surface area contributed by atoms with Gasteiger partial charge in [-0.3, -0.25) is 4.79 Å². The molecular weight excluding hydrogens is 244 g/mol. The SMILES string of the molecule is CNC(C)CNC(=O)c1ccc(SC(C)C)cc1. The Bertz CT molecular complexity index is 376. The molecule has 0 radical (unpaired) electrons. The highest BCUT2D eigenvalue weighted by molar-refractivity contribution is 7.99. The summed E-state index contributed by atoms with van der Waals surface area (Å²) in [5.74, 6) is -0.0156. The quantitative estimate of drug-likeness (QED) is 0.777. The molecule has 0 spiro atoms. The molecule has 1 unspecified atom stereocenters. The van der Waals surface area contributed by atoms with Gasteiger partial charge < -0.3 is 10.6 Å². The molecule has 1 rings (SSSR count). The van der Waals surface area contributed by atoms with Gasteiger partial charge in [-0.15, -0.1) is 11.8 Å². The van der Waals surface area contributed by atoms with Crippen molar-refractivity contribution in [3.05, 3.63) is 29.8 Å². The number of likely N-dealkylation sites (N-methyl/N-ethyl adjacent to an activating group) is 1. The van der Waals surface area contributed by atoms with Gasteiger partial charge in [-0.1, -0.05) is 13.8 Å². The number of benzene rings is 1. The zero-order valence-corrected chi connectivity index (χ0v) is 12.3. The maximum atomic E-state index is 11.9. The molecule has 4 heteroatoms. The van der Waals surface area contributed by atoms with Crippen LogP contribution in [0.2, 0.25) is 0 Å². The fraction of sp³-hybridized carbons (Fsp3) is 0.500. The minimum absolute atomic E-state index is 0.0156. The Kier molecular flexibility index (Phi) is 6.22. The molecule has 0 saturated heterocycles. The Morgan fingerprint density at radius 3 is 2.33 bits per heavy atom. The summed E-state index contributed by atoms with van der Waals surface area (Å²) in [5, 5.41) is 6.54. The molecule has 18 heavy (non-hydrogen) atoms. The Balaban J connectivity index is 2.53. The third-order valence-electron chi connectivity index (χ3n) is 2.55. The van der Waals surface area contributed by atoms with Crippen molar-refractivity contribution in [2.24, 2.45) is 0 Å². The number of thioether (sulfide) groups is 1. The average Bonchev–Trinajstić information content (AvgIpc) is 2.35. The lowest BCUT2D eigenvalue weighted by Gasteiger charge is -2.11. The van der Waals surface area contributed by atoms with Crippen LogP contribution in [0.25, 0.3) is 0 Å². The van der Waals surface area contributed by atoms with Gasteiger partial charge in [0.25, 0.3) is 5.91 Å². The molecule has 0 heterocycles. The average molecular weight is 266 g/mol. The lowest BCUT2D eigenvalue weighted by Crippen LogP contribution is -2.37. The number of hydrogen-bond acceptors (Lipinski definition) is 3. The van der Waals surface area contributed by atoms with Gasteiger partial charge >= 0.3 is 0 Å². The lowest BCUT2D eigenvalue weighted by molar-refractivity contribution is 0.0950. The number of carbonyl (C=O) groups excluding carboxylic acids is 1. The molecule has 3 nitrogen and oxygen atoms in total. The van der Waals surface area contributed by atoms with Crippen LogP contribution in [0.1, 0.15) is 31.1 Å². The van der Waals surface area contributed by atoms with Crippen LogP contribution in [0, 0.1) is 0 Å². The highest BCUT2D eigenvalue weighted by Gasteiger charge is 2.07. The van der Waals surface area contributed by atoms with E-state index in [9.17, 15) is 4.79 Å². The maximum Gasteiger partial charge on any atom is 0.251 e. The van der Waals surface area contributed by atoms with Crippen molar-refractivity contribution >= 4 is 17.7 Å². The molecule has 0 aromatic heterocycles. The van der Waals surface area contributed by atoms with Crippen LogP contribution < -0.4 is 10.6 Å². The van der Waals surface area contributed by atoms with Crippen molar-refractivity contribution in [1.82, 2.24) is 10.6 Å². The van der Waals surface area contributed by atoms with Crippen molar-refractivity contribution in [2.45, 2.75) is 37.0 Å². The highest BCUT2D eigenvalue weighted by Crippen LogP contribution is 2.22. The Morgan fingerprint density at radius 2 is 1.83 bits per heavy atom. The van der Waals surface area contributed by atoms with E-state index in [0.29, 0.717) is 17.4 Å². The van der Waals surface area contributed by atoms with Crippen molar-refractivity contribution in [1.29, 1.82) is 0 Å². The number of rotatable bonds is 6. The first-order chi connectivity index (χ1) is 8.52. The van der Waals surface area contributed by atoms with Gasteiger partial charge in [-0.2, -0.15) is 0 Å². The van der Waals surface area contributed by atoms with E-state index in [4.69, 9.17) is 0 Å². The van der Waals surface area contributed by atoms with Crippen molar-refractivity contribution < 1.29 is 4.79 Å². The maximum absolute atomic E-state index is 11.9. The molecule has 1 aromatic carbocycles. The number of hydrogen-bond donors (Lipinski definition) is 2. The fourth-order valence-corrected chi connectivity index (χ4v) is 2.24. The van der Waals surface area contributed by atoms with Crippen LogP contribution in [-0.2, 0) is 0 Å². The molecule has 100 valence electrons. The van der Waals surface area contributed by atoms with Crippen molar-refractivity contribution in [3.8, 4) is 0 Å². The van der Waals surface area contributed by atoms with E-state index >= 15 is 0 Å². The summed E-state index contributed by atoms with van der Waals surface area (Å²) in [7, 11) is 1.88. The summed E-state index contributed by atoms with van der Waals surface area (Å²) in [5.41, 5.74) is 0.714. The molecule has 0 saturated carbocycles. The van der Waals surface area contributed by atoms with E-state index in [-0.39, 0.29) is 11.9 Å². The van der Waals surface area contributed by atoms with Gasteiger partial charge in [0.15, 0.2) is 0 Å². The number of amides is 1. The minimum Gasteiger partial charge on any atom is -0.350 e. The number of nitrogens with one attached hydrogen (secondary N) is 2. The first kappa shape index (κ1) is 15.1. The second kappa shape index (κ2) is 7.44. The number of carbonyl (C=O) groups is 1. The lowest BCUT2D eigenvalue weighted by atomic mass is 10.2. The minimum atomic E-state index is -0.0156. The Labute approximate surface area is 114 Å². The summed E-state index contributed by atoms with van der Waals surface area (Å²) in [4.78, 5) is 13.1. The molecule has 0 aliphatic carbocycles. The monoisotopic (exact) mass is 266 g/mol. The van der Waals surface area contributed by atoms with Crippen LogP contribution in [-0.4, -0.2) is 30.8 Å². The third-order valence-corrected chi connectivity index (χ3v) is 3.57. The van der Waals surface area contributed by atoms with Crippen LogP contribution in [0.5, 0.6) is 0 Å². The second-order valence-corrected chi connectivity index (χ2v) is 6.24. The van der Waals surface area contributed by atoms with Gasteiger partial charge in [0.1, 0.15) is 0 Å². The first-order valence-electron chi connectivity index (χ1n) is 6.25. The summed E-state index contributed by atoms with van der Waals surface area (Å²) in [6, 6.07) is 8.04. The summed E-state index contributed by atoms with van der Waals surface area (Å²) >= 11 is 1.80. The van der Waals surface area contributed by atoms with Gasteiger partial charge in [-0.05, 0) is 38.2 Å². The predicted molar refractivity (Wildman–Crippen MR) is 78.3 cm³/mol. The highest BCUT2D eigenvalue weighted by atomic mass is 32.2. The largest absolute Gasteiger partial charge is 0.350 e. The Hall–Kier alpha value is -1.00. The van der Waals surface area contributed by atoms with E-state index in [1.165, 1.54) is 4.90 Å². The normalized spacial score (nSPS) is 12.5. The zero-order valence-electron chi connectivity index (χ0n) is 11.5. The van der Waals surface area contributed by atoms with Gasteiger partial charge in [0.2, 0.25) is 0 Å². The predicted octanol–water partition coefficient (Wildman–Crippen LogP) is 2.52. The zero-order chi connectivity index (χ0) is 13.5. The van der Waals surface area contributed by atoms with E-state index < -0.39 is 0 Å². The van der Waals surface area contributed by atoms with Crippen molar-refractivity contribution in [3.63, 3.8) is 0 Å². The summed E-state index contributed by atoms with van der Waals surface area (Å²) in [6.45, 7) is 6.98. The molecule has 0 aliphatic heterocycles. The van der Waals surface area contributed by atoms with Gasteiger partial charge in [-0.25, -0.2) is 0 Å². The molecule has 1 aromatic rings. The smallest absolute Gasteiger partial charge is 0.251 e. The molecule has 1 amide bonds. The molecule has 0 bridgehead atoms. The summed E-state index contributed by atoms with van der Waals surface area (Å²) in [6.07, 6.45) is 0. The second-order valence-electron chi connectivity index (χ2n) is 4.59. The van der Waals surface area contributed by atoms with E-state index in [1.807, 2.05) is 38.2 Å². The van der Waals surface area contributed by atoms with Gasteiger partial charge in [0.05, 0.1) is 0 Å². The van der Waals surface area contributed by atoms with Gasteiger partial charge in [0, 0.05) is 28.3 Å². The molecular formula is C14H22N2OS. The van der Waals surface area contributed by atoms with Crippen LogP contribution >= 0.6 is 11.8 Å². The molecule has 0 fully saturated rings. The van der Waals surface area contributed by atoms with Crippen LogP contribution in [0.4, 0.5) is 0 Å². The topological polar surface area (TPSA) is 41.1 Å². The van der Waals surface area contributed by atoms with E-state index in [2.05, 4.69) is 24.5 Å². The molecule has 2 N–H and O–H groups in total. The Morgan fingerprint density at radius 1 is 1.22 bits per heavy atom. The third kappa shape index (κ3) is 5.10. The van der Waals surface area contributed by atoms with Crippen LogP contribution in [0.15, 0.2) is 29.2 Å². The fourth-order valence-electron chi connectivity index (χ4n) is 1.41. The van der Waals surface area contributed by atoms with E-state index in [1.54, 1.807) is 11.8 Å².